The molecule has 3 atom stereocenters. The minimum Gasteiger partial charge on any atom is -0.246 e. The van der Waals surface area contributed by atoms with Crippen LogP contribution in [0.1, 0.15) is 36.4 Å². The molecule has 13 heavy (non-hydrogen) atoms. The Morgan fingerprint density at radius 1 is 1.54 bits per heavy atom. The Kier molecular flexibility index (Phi) is 2.61. The van der Waals surface area contributed by atoms with Crippen LogP contribution in [-0.4, -0.2) is 10.4 Å². The van der Waals surface area contributed by atoms with E-state index in [0.717, 1.165) is 6.42 Å². The van der Waals surface area contributed by atoms with Crippen LogP contribution in [0.2, 0.25) is 0 Å². The maximum Gasteiger partial charge on any atom is 0.0897 e. The van der Waals surface area contributed by atoms with Gasteiger partial charge < -0.3 is 0 Å². The summed E-state index contributed by atoms with van der Waals surface area (Å²) >= 11 is 7.93. The van der Waals surface area contributed by atoms with E-state index >= 15 is 0 Å². The summed E-state index contributed by atoms with van der Waals surface area (Å²) < 4.78 is 0. The second-order valence-electron chi connectivity index (χ2n) is 3.85. The van der Waals surface area contributed by atoms with Gasteiger partial charge >= 0.3 is 0 Å². The van der Waals surface area contributed by atoms with E-state index in [1.54, 1.807) is 11.3 Å². The third kappa shape index (κ3) is 1.75. The van der Waals surface area contributed by atoms with Crippen LogP contribution in [-0.2, 0) is 0 Å². The lowest BCUT2D eigenvalue weighted by atomic mass is 9.95. The summed E-state index contributed by atoms with van der Waals surface area (Å²) in [7, 11) is 0. The van der Waals surface area contributed by atoms with Crippen LogP contribution in [0, 0.1) is 12.8 Å². The largest absolute Gasteiger partial charge is 0.246 e. The first-order chi connectivity index (χ1) is 6.18. The predicted molar refractivity (Wildman–Crippen MR) is 57.6 cm³/mol. The fourth-order valence-corrected chi connectivity index (χ4v) is 3.06. The van der Waals surface area contributed by atoms with Crippen LogP contribution in [0.5, 0.6) is 0 Å². The fourth-order valence-electron chi connectivity index (χ4n) is 2.08. The van der Waals surface area contributed by atoms with Crippen molar-refractivity contribution in [1.82, 2.24) is 4.98 Å². The van der Waals surface area contributed by atoms with Gasteiger partial charge in [0.25, 0.3) is 0 Å². The van der Waals surface area contributed by atoms with Crippen LogP contribution in [0.15, 0.2) is 5.38 Å². The highest BCUT2D eigenvalue weighted by Crippen LogP contribution is 2.42. The average Bonchev–Trinajstić information content (AvgIpc) is 2.62. The molecule has 0 bridgehead atoms. The maximum absolute atomic E-state index is 6.19. The van der Waals surface area contributed by atoms with E-state index in [0.29, 0.717) is 17.2 Å². The summed E-state index contributed by atoms with van der Waals surface area (Å²) in [4.78, 5) is 4.54. The van der Waals surface area contributed by atoms with Crippen LogP contribution >= 0.6 is 22.9 Å². The van der Waals surface area contributed by atoms with Crippen molar-refractivity contribution in [3.63, 3.8) is 0 Å². The van der Waals surface area contributed by atoms with Gasteiger partial charge in [-0.3, -0.25) is 0 Å². The van der Waals surface area contributed by atoms with Crippen LogP contribution in [0.4, 0.5) is 0 Å². The molecule has 0 spiro atoms. The van der Waals surface area contributed by atoms with Gasteiger partial charge in [-0.15, -0.1) is 22.9 Å². The van der Waals surface area contributed by atoms with Crippen molar-refractivity contribution in [3.05, 3.63) is 16.1 Å². The summed E-state index contributed by atoms with van der Waals surface area (Å²) in [6.07, 6.45) is 2.35. The number of rotatable bonds is 1. The Labute approximate surface area is 88.1 Å². The zero-order valence-electron chi connectivity index (χ0n) is 7.96. The maximum atomic E-state index is 6.19. The zero-order chi connectivity index (χ0) is 9.42. The van der Waals surface area contributed by atoms with Gasteiger partial charge in [0, 0.05) is 16.7 Å². The molecule has 1 aromatic rings. The van der Waals surface area contributed by atoms with Gasteiger partial charge in [-0.1, -0.05) is 6.92 Å². The van der Waals surface area contributed by atoms with Crippen molar-refractivity contribution < 1.29 is 0 Å². The number of nitrogens with zero attached hydrogens (tertiary/aromatic N) is 1. The third-order valence-electron chi connectivity index (χ3n) is 2.98. The highest BCUT2D eigenvalue weighted by atomic mass is 35.5. The second-order valence-corrected chi connectivity index (χ2v) is 5.47. The minimum absolute atomic E-state index is 0.354. The standard InChI is InChI=1S/C10H14ClNS/c1-6-8(3-4-9(6)11)10-5-13-7(2)12-10/h5-6,8-9H,3-4H2,1-2H3. The van der Waals surface area contributed by atoms with Crippen LogP contribution < -0.4 is 0 Å². The normalized spacial score (nSPS) is 33.9. The third-order valence-corrected chi connectivity index (χ3v) is 4.38. The average molecular weight is 216 g/mol. The summed E-state index contributed by atoms with van der Waals surface area (Å²) in [6, 6.07) is 0. The van der Waals surface area contributed by atoms with Gasteiger partial charge in [-0.05, 0) is 25.7 Å². The van der Waals surface area contributed by atoms with E-state index in [9.17, 15) is 0 Å². The molecule has 2 rings (SSSR count). The SMILES string of the molecule is Cc1nc(C2CCC(Cl)C2C)cs1. The van der Waals surface area contributed by atoms with E-state index in [1.165, 1.54) is 17.1 Å². The number of halogens is 1. The van der Waals surface area contributed by atoms with Crippen molar-refractivity contribution in [2.24, 2.45) is 5.92 Å². The highest BCUT2D eigenvalue weighted by Gasteiger charge is 2.33. The fraction of sp³-hybridized carbons (Fsp3) is 0.700. The lowest BCUT2D eigenvalue weighted by molar-refractivity contribution is 0.528. The molecule has 1 aliphatic carbocycles. The van der Waals surface area contributed by atoms with E-state index in [2.05, 4.69) is 24.2 Å². The first-order valence-corrected chi connectivity index (χ1v) is 6.06. The van der Waals surface area contributed by atoms with Gasteiger partial charge in [0.15, 0.2) is 0 Å². The van der Waals surface area contributed by atoms with E-state index in [1.807, 2.05) is 0 Å². The van der Waals surface area contributed by atoms with Crippen LogP contribution in [0.3, 0.4) is 0 Å². The van der Waals surface area contributed by atoms with Gasteiger partial charge in [0.1, 0.15) is 0 Å². The summed E-state index contributed by atoms with van der Waals surface area (Å²) in [5.74, 6) is 1.19. The highest BCUT2D eigenvalue weighted by molar-refractivity contribution is 7.09. The second kappa shape index (κ2) is 3.58. The van der Waals surface area contributed by atoms with Crippen molar-refractivity contribution >= 4 is 22.9 Å². The molecule has 1 fully saturated rings. The molecule has 72 valence electrons. The lowest BCUT2D eigenvalue weighted by Gasteiger charge is -2.14. The van der Waals surface area contributed by atoms with Gasteiger partial charge in [-0.25, -0.2) is 4.98 Å². The molecule has 0 aromatic carbocycles. The van der Waals surface area contributed by atoms with Crippen molar-refractivity contribution in [2.45, 2.75) is 38.0 Å². The quantitative estimate of drug-likeness (QED) is 0.653. The number of hydrogen-bond acceptors (Lipinski definition) is 2. The van der Waals surface area contributed by atoms with E-state index < -0.39 is 0 Å². The first kappa shape index (κ1) is 9.47. The Bertz CT molecular complexity index is 297. The van der Waals surface area contributed by atoms with Crippen LogP contribution in [0.25, 0.3) is 0 Å². The van der Waals surface area contributed by atoms with E-state index in [-0.39, 0.29) is 0 Å². The predicted octanol–water partition coefficient (Wildman–Crippen LogP) is 3.57. The van der Waals surface area contributed by atoms with Gasteiger partial charge in [0.2, 0.25) is 0 Å². The van der Waals surface area contributed by atoms with Crippen molar-refractivity contribution in [1.29, 1.82) is 0 Å². The first-order valence-electron chi connectivity index (χ1n) is 4.74. The molecule has 1 aromatic heterocycles. The molecule has 0 N–H and O–H groups in total. The molecule has 1 heterocycles. The molecule has 0 aliphatic heterocycles. The Hall–Kier alpha value is -0.0800. The molecule has 0 saturated heterocycles. The Morgan fingerprint density at radius 3 is 2.77 bits per heavy atom. The smallest absolute Gasteiger partial charge is 0.0897 e. The molecule has 3 unspecified atom stereocenters. The monoisotopic (exact) mass is 215 g/mol. The molecule has 0 radical (unpaired) electrons. The summed E-state index contributed by atoms with van der Waals surface area (Å²) in [5, 5.41) is 3.71. The number of thiazole rings is 1. The Balaban J connectivity index is 2.18. The summed E-state index contributed by atoms with van der Waals surface area (Å²) in [6.45, 7) is 4.30. The number of aromatic nitrogens is 1. The van der Waals surface area contributed by atoms with Gasteiger partial charge in [-0.2, -0.15) is 0 Å². The summed E-state index contributed by atoms with van der Waals surface area (Å²) in [5.41, 5.74) is 1.26. The minimum atomic E-state index is 0.354. The Morgan fingerprint density at radius 2 is 2.31 bits per heavy atom. The number of alkyl halides is 1. The topological polar surface area (TPSA) is 12.9 Å². The van der Waals surface area contributed by atoms with E-state index in [4.69, 9.17) is 11.6 Å². The molecule has 3 heteroatoms. The number of aryl methyl sites for hydroxylation is 1. The lowest BCUT2D eigenvalue weighted by Crippen LogP contribution is -2.09. The zero-order valence-corrected chi connectivity index (χ0v) is 9.53. The molecular weight excluding hydrogens is 202 g/mol. The molecule has 1 saturated carbocycles. The molecular formula is C10H14ClNS. The molecule has 1 aliphatic rings. The van der Waals surface area contributed by atoms with Gasteiger partial charge in [0.05, 0.1) is 10.7 Å². The number of hydrogen-bond donors (Lipinski definition) is 0. The molecule has 0 amide bonds. The van der Waals surface area contributed by atoms with Crippen molar-refractivity contribution in [3.8, 4) is 0 Å². The van der Waals surface area contributed by atoms with Crippen molar-refractivity contribution in [2.75, 3.05) is 0 Å². The molecule has 1 nitrogen and oxygen atoms in total.